The number of anilines is 1. The van der Waals surface area contributed by atoms with Crippen LogP contribution in [0, 0.1) is 0 Å². The van der Waals surface area contributed by atoms with Gasteiger partial charge in [-0.3, -0.25) is 0 Å². The number of allylic oxidation sites excluding steroid dienone is 5. The first-order valence-electron chi connectivity index (χ1n) is 7.85. The third-order valence-electron chi connectivity index (χ3n) is 3.93. The van der Waals surface area contributed by atoms with E-state index < -0.39 is 0 Å². The highest BCUT2D eigenvalue weighted by molar-refractivity contribution is 8.00. The van der Waals surface area contributed by atoms with Gasteiger partial charge < -0.3 is 9.80 Å². The fourth-order valence-corrected chi connectivity index (χ4v) is 4.08. The van der Waals surface area contributed by atoms with Gasteiger partial charge in [0.05, 0.1) is 11.1 Å². The van der Waals surface area contributed by atoms with Gasteiger partial charge in [0.15, 0.2) is 0 Å². The van der Waals surface area contributed by atoms with Gasteiger partial charge in [-0.15, -0.1) is 0 Å². The van der Waals surface area contributed by atoms with Crippen molar-refractivity contribution in [2.75, 3.05) is 18.0 Å². The van der Waals surface area contributed by atoms with Crippen LogP contribution in [0.25, 0.3) is 0 Å². The molecule has 2 heterocycles. The molecule has 22 heavy (non-hydrogen) atoms. The van der Waals surface area contributed by atoms with E-state index in [4.69, 9.17) is 0 Å². The summed E-state index contributed by atoms with van der Waals surface area (Å²) in [6, 6.07) is 8.66. The Hall–Kier alpha value is -1.87. The summed E-state index contributed by atoms with van der Waals surface area (Å²) in [4.78, 5) is 6.07. The van der Waals surface area contributed by atoms with E-state index in [1.54, 1.807) is 0 Å². The largest absolute Gasteiger partial charge is 0.355 e. The lowest BCUT2D eigenvalue weighted by Crippen LogP contribution is -2.27. The highest BCUT2D eigenvalue weighted by atomic mass is 32.2. The summed E-state index contributed by atoms with van der Waals surface area (Å²) in [7, 11) is 0. The summed E-state index contributed by atoms with van der Waals surface area (Å²) in [5.41, 5.74) is 2.60. The Kier molecular flexibility index (Phi) is 4.74. The van der Waals surface area contributed by atoms with Gasteiger partial charge >= 0.3 is 0 Å². The Morgan fingerprint density at radius 3 is 2.82 bits per heavy atom. The lowest BCUT2D eigenvalue weighted by Gasteiger charge is -2.23. The SMILES string of the molecule is CCN1C=CC=C/C1=C/C=C/C1Sc2ccccc2N1CC. The Morgan fingerprint density at radius 1 is 1.14 bits per heavy atom. The van der Waals surface area contributed by atoms with E-state index in [-0.39, 0.29) is 0 Å². The van der Waals surface area contributed by atoms with Gasteiger partial charge in [-0.25, -0.2) is 0 Å². The topological polar surface area (TPSA) is 6.48 Å². The number of nitrogens with zero attached hydrogens (tertiary/aromatic N) is 2. The number of hydrogen-bond acceptors (Lipinski definition) is 3. The molecule has 0 aromatic heterocycles. The molecule has 0 aliphatic carbocycles. The van der Waals surface area contributed by atoms with Crippen molar-refractivity contribution < 1.29 is 0 Å². The van der Waals surface area contributed by atoms with Crippen molar-refractivity contribution in [3.63, 3.8) is 0 Å². The molecule has 0 bridgehead atoms. The second-order valence-electron chi connectivity index (χ2n) is 5.23. The molecule has 114 valence electrons. The van der Waals surface area contributed by atoms with Crippen molar-refractivity contribution >= 4 is 17.4 Å². The van der Waals surface area contributed by atoms with Crippen molar-refractivity contribution in [2.45, 2.75) is 24.1 Å². The molecule has 0 saturated heterocycles. The molecule has 2 nitrogen and oxygen atoms in total. The van der Waals surface area contributed by atoms with Crippen LogP contribution in [-0.2, 0) is 0 Å². The fourth-order valence-electron chi connectivity index (χ4n) is 2.80. The number of benzene rings is 1. The predicted molar refractivity (Wildman–Crippen MR) is 97.0 cm³/mol. The molecular formula is C19H22N2S. The van der Waals surface area contributed by atoms with Crippen LogP contribution >= 0.6 is 11.8 Å². The van der Waals surface area contributed by atoms with E-state index in [1.807, 2.05) is 11.8 Å². The van der Waals surface area contributed by atoms with Crippen LogP contribution in [0.2, 0.25) is 0 Å². The van der Waals surface area contributed by atoms with Gasteiger partial charge in [0.25, 0.3) is 0 Å². The molecule has 2 aliphatic heterocycles. The minimum absolute atomic E-state index is 0.387. The second-order valence-corrected chi connectivity index (χ2v) is 6.38. The van der Waals surface area contributed by atoms with E-state index in [2.05, 4.69) is 90.6 Å². The highest BCUT2D eigenvalue weighted by Gasteiger charge is 2.26. The summed E-state index contributed by atoms with van der Waals surface area (Å²) in [6.45, 7) is 6.41. The minimum atomic E-state index is 0.387. The quantitative estimate of drug-likeness (QED) is 0.789. The summed E-state index contributed by atoms with van der Waals surface area (Å²) in [5, 5.41) is 0.387. The maximum absolute atomic E-state index is 2.45. The van der Waals surface area contributed by atoms with E-state index in [9.17, 15) is 0 Å². The lowest BCUT2D eigenvalue weighted by atomic mass is 10.2. The average molecular weight is 310 g/mol. The van der Waals surface area contributed by atoms with Crippen LogP contribution in [0.4, 0.5) is 5.69 Å². The number of para-hydroxylation sites is 1. The van der Waals surface area contributed by atoms with Gasteiger partial charge in [0.2, 0.25) is 0 Å². The highest BCUT2D eigenvalue weighted by Crippen LogP contribution is 2.43. The molecule has 1 atom stereocenters. The zero-order valence-electron chi connectivity index (χ0n) is 13.1. The van der Waals surface area contributed by atoms with Crippen LogP contribution in [0.1, 0.15) is 13.8 Å². The van der Waals surface area contributed by atoms with Gasteiger partial charge in [-0.05, 0) is 44.2 Å². The third-order valence-corrected chi connectivity index (χ3v) is 5.18. The fraction of sp³-hybridized carbons (Fsp3) is 0.263. The predicted octanol–water partition coefficient (Wildman–Crippen LogP) is 4.79. The molecule has 3 rings (SSSR count). The van der Waals surface area contributed by atoms with Gasteiger partial charge in [0.1, 0.15) is 0 Å². The van der Waals surface area contributed by atoms with Crippen LogP contribution < -0.4 is 4.90 Å². The molecule has 3 heteroatoms. The molecule has 1 aromatic rings. The van der Waals surface area contributed by atoms with Crippen LogP contribution in [-0.4, -0.2) is 23.4 Å². The smallest absolute Gasteiger partial charge is 0.0985 e. The Morgan fingerprint density at radius 2 is 2.00 bits per heavy atom. The maximum Gasteiger partial charge on any atom is 0.0985 e. The first-order chi connectivity index (χ1) is 10.8. The normalized spacial score (nSPS) is 22.1. The van der Waals surface area contributed by atoms with Crippen LogP contribution in [0.5, 0.6) is 0 Å². The number of likely N-dealkylation sites (N-methyl/N-ethyl adjacent to an activating group) is 2. The lowest BCUT2D eigenvalue weighted by molar-refractivity contribution is 0.503. The molecule has 1 aromatic carbocycles. The van der Waals surface area contributed by atoms with Gasteiger partial charge in [0, 0.05) is 29.9 Å². The second kappa shape index (κ2) is 6.93. The Labute approximate surface area is 137 Å². The zero-order valence-corrected chi connectivity index (χ0v) is 14.0. The number of rotatable bonds is 4. The molecule has 0 saturated carbocycles. The van der Waals surface area contributed by atoms with Crippen molar-refractivity contribution in [1.29, 1.82) is 0 Å². The monoisotopic (exact) mass is 310 g/mol. The number of hydrogen-bond donors (Lipinski definition) is 0. The molecule has 0 N–H and O–H groups in total. The van der Waals surface area contributed by atoms with Gasteiger partial charge in [-0.1, -0.05) is 42.1 Å². The Balaban J connectivity index is 1.74. The minimum Gasteiger partial charge on any atom is -0.355 e. The van der Waals surface area contributed by atoms with Crippen molar-refractivity contribution in [3.8, 4) is 0 Å². The van der Waals surface area contributed by atoms with Crippen LogP contribution in [0.15, 0.2) is 77.5 Å². The summed E-state index contributed by atoms with van der Waals surface area (Å²) >= 11 is 1.93. The maximum atomic E-state index is 2.45. The van der Waals surface area contributed by atoms with Crippen molar-refractivity contribution in [1.82, 2.24) is 4.90 Å². The van der Waals surface area contributed by atoms with Crippen molar-refractivity contribution in [3.05, 3.63) is 72.6 Å². The number of fused-ring (bicyclic) bond motifs is 1. The van der Waals surface area contributed by atoms with Gasteiger partial charge in [-0.2, -0.15) is 0 Å². The molecule has 2 aliphatic rings. The van der Waals surface area contributed by atoms with E-state index in [1.165, 1.54) is 16.3 Å². The standard InChI is InChI=1S/C19H22N2S/c1-3-20-15-8-7-10-16(20)11-9-14-19-21(4-2)17-12-5-6-13-18(17)22-19/h5-15,19H,3-4H2,1-2H3/b14-9+,16-11-. The molecular weight excluding hydrogens is 288 g/mol. The van der Waals surface area contributed by atoms with Crippen LogP contribution in [0.3, 0.4) is 0 Å². The third kappa shape index (κ3) is 3.00. The molecule has 0 fully saturated rings. The summed E-state index contributed by atoms with van der Waals surface area (Å²) in [5.74, 6) is 0. The first-order valence-corrected chi connectivity index (χ1v) is 8.73. The Bertz CT molecular complexity index is 643. The average Bonchev–Trinajstić information content (AvgIpc) is 2.92. The number of thioether (sulfide) groups is 1. The zero-order chi connectivity index (χ0) is 15.4. The summed E-state index contributed by atoms with van der Waals surface area (Å²) in [6.07, 6.45) is 15.1. The van der Waals surface area contributed by atoms with E-state index in [0.717, 1.165) is 13.1 Å². The molecule has 0 spiro atoms. The van der Waals surface area contributed by atoms with E-state index in [0.29, 0.717) is 5.37 Å². The van der Waals surface area contributed by atoms with E-state index >= 15 is 0 Å². The van der Waals surface area contributed by atoms with Crippen molar-refractivity contribution in [2.24, 2.45) is 0 Å². The summed E-state index contributed by atoms with van der Waals surface area (Å²) < 4.78 is 0. The molecule has 1 unspecified atom stereocenters. The molecule has 0 radical (unpaired) electrons. The molecule has 0 amide bonds. The first kappa shape index (κ1) is 15.0.